The summed E-state index contributed by atoms with van der Waals surface area (Å²) < 4.78 is 0. The molecule has 1 aliphatic rings. The smallest absolute Gasteiger partial charge is 0.0981 e. The Balaban J connectivity index is 1.88. The number of nitroso groups, excluding NO2 is 1. The maximum Gasteiger partial charge on any atom is 0.0981 e. The van der Waals surface area contributed by atoms with E-state index in [1.54, 1.807) is 0 Å². The summed E-state index contributed by atoms with van der Waals surface area (Å²) >= 11 is 6.00. The largest absolute Gasteiger partial charge is 0.378 e. The van der Waals surface area contributed by atoms with Gasteiger partial charge in [-0.3, -0.25) is 0 Å². The lowest BCUT2D eigenvalue weighted by Crippen LogP contribution is -2.42. The average molecular weight is 358 g/mol. The molecule has 2 aromatic rings. The SMILES string of the molecule is CC1C(N=O)CC(c2ccc(Cl)cc2)NC1c1ccc(N(C)C)cc1. The van der Waals surface area contributed by atoms with Gasteiger partial charge in [0.15, 0.2) is 0 Å². The highest BCUT2D eigenvalue weighted by molar-refractivity contribution is 6.30. The van der Waals surface area contributed by atoms with E-state index in [0.717, 1.165) is 11.3 Å². The third kappa shape index (κ3) is 3.86. The van der Waals surface area contributed by atoms with Gasteiger partial charge in [0.1, 0.15) is 0 Å². The minimum atomic E-state index is -0.208. The molecule has 0 bridgehead atoms. The zero-order chi connectivity index (χ0) is 18.0. The van der Waals surface area contributed by atoms with Gasteiger partial charge >= 0.3 is 0 Å². The van der Waals surface area contributed by atoms with Gasteiger partial charge < -0.3 is 10.2 Å². The Morgan fingerprint density at radius 3 is 2.20 bits per heavy atom. The van der Waals surface area contributed by atoms with Gasteiger partial charge in [-0.25, -0.2) is 0 Å². The van der Waals surface area contributed by atoms with Crippen LogP contribution in [-0.4, -0.2) is 20.1 Å². The van der Waals surface area contributed by atoms with Crippen LogP contribution in [0.1, 0.15) is 36.6 Å². The van der Waals surface area contributed by atoms with E-state index in [1.807, 2.05) is 38.4 Å². The lowest BCUT2D eigenvalue weighted by atomic mass is 9.80. The zero-order valence-electron chi connectivity index (χ0n) is 14.8. The van der Waals surface area contributed by atoms with E-state index in [-0.39, 0.29) is 24.0 Å². The normalized spacial score (nSPS) is 26.2. The van der Waals surface area contributed by atoms with Crippen LogP contribution in [0.2, 0.25) is 5.02 Å². The van der Waals surface area contributed by atoms with Crippen molar-refractivity contribution in [1.82, 2.24) is 5.32 Å². The van der Waals surface area contributed by atoms with Gasteiger partial charge in [0, 0.05) is 42.8 Å². The maximum atomic E-state index is 11.4. The van der Waals surface area contributed by atoms with Gasteiger partial charge in [-0.05, 0) is 41.8 Å². The maximum absolute atomic E-state index is 11.4. The Hall–Kier alpha value is -1.91. The second-order valence-corrected chi connectivity index (χ2v) is 7.44. The van der Waals surface area contributed by atoms with Crippen molar-refractivity contribution >= 4 is 17.3 Å². The Labute approximate surface area is 154 Å². The fourth-order valence-electron chi connectivity index (χ4n) is 3.56. The first kappa shape index (κ1) is 17.9. The summed E-state index contributed by atoms with van der Waals surface area (Å²) in [7, 11) is 4.05. The van der Waals surface area contributed by atoms with Crippen molar-refractivity contribution in [3.8, 4) is 0 Å². The van der Waals surface area contributed by atoms with E-state index >= 15 is 0 Å². The number of halogens is 1. The molecule has 2 aromatic carbocycles. The third-order valence-corrected chi connectivity index (χ3v) is 5.42. The van der Waals surface area contributed by atoms with Crippen LogP contribution in [0.25, 0.3) is 0 Å². The predicted molar refractivity (Wildman–Crippen MR) is 104 cm³/mol. The second kappa shape index (κ2) is 7.54. The Morgan fingerprint density at radius 2 is 1.64 bits per heavy atom. The van der Waals surface area contributed by atoms with Crippen LogP contribution < -0.4 is 10.2 Å². The van der Waals surface area contributed by atoms with E-state index in [4.69, 9.17) is 11.6 Å². The highest BCUT2D eigenvalue weighted by atomic mass is 35.5. The van der Waals surface area contributed by atoms with Crippen LogP contribution in [-0.2, 0) is 0 Å². The summed E-state index contributed by atoms with van der Waals surface area (Å²) in [6.07, 6.45) is 0.707. The van der Waals surface area contributed by atoms with Crippen LogP contribution in [0, 0.1) is 10.8 Å². The van der Waals surface area contributed by atoms with Crippen molar-refractivity contribution in [2.24, 2.45) is 11.1 Å². The number of nitrogens with zero attached hydrogens (tertiary/aromatic N) is 2. The number of piperidine rings is 1. The Kier molecular flexibility index (Phi) is 5.40. The fraction of sp³-hybridized carbons (Fsp3) is 0.400. The first-order valence-corrected chi connectivity index (χ1v) is 8.98. The summed E-state index contributed by atoms with van der Waals surface area (Å²) in [5.41, 5.74) is 3.48. The van der Waals surface area contributed by atoms with Crippen LogP contribution in [0.4, 0.5) is 5.69 Å². The number of hydrogen-bond donors (Lipinski definition) is 1. The molecule has 132 valence electrons. The molecule has 1 aliphatic heterocycles. The lowest BCUT2D eigenvalue weighted by Gasteiger charge is -2.39. The van der Waals surface area contributed by atoms with E-state index < -0.39 is 0 Å². The van der Waals surface area contributed by atoms with Crippen molar-refractivity contribution in [2.45, 2.75) is 31.5 Å². The summed E-state index contributed by atoms with van der Waals surface area (Å²) in [6, 6.07) is 16.3. The Bertz CT molecular complexity index is 715. The van der Waals surface area contributed by atoms with Crippen molar-refractivity contribution in [3.63, 3.8) is 0 Å². The first-order chi connectivity index (χ1) is 12.0. The zero-order valence-corrected chi connectivity index (χ0v) is 15.6. The number of nitrogens with one attached hydrogen (secondary N) is 1. The third-order valence-electron chi connectivity index (χ3n) is 5.17. The van der Waals surface area contributed by atoms with Crippen LogP contribution in [0.15, 0.2) is 53.7 Å². The molecular formula is C20H24ClN3O. The molecule has 0 radical (unpaired) electrons. The molecular weight excluding hydrogens is 334 g/mol. The van der Waals surface area contributed by atoms with E-state index in [1.165, 1.54) is 5.56 Å². The molecule has 4 unspecified atom stereocenters. The van der Waals surface area contributed by atoms with Crippen LogP contribution in [0.5, 0.6) is 0 Å². The number of hydrogen-bond acceptors (Lipinski definition) is 4. The molecule has 1 fully saturated rings. The lowest BCUT2D eigenvalue weighted by molar-refractivity contribution is 0.216. The molecule has 1 saturated heterocycles. The van der Waals surface area contributed by atoms with Gasteiger partial charge in [-0.15, -0.1) is 0 Å². The molecule has 1 heterocycles. The Morgan fingerprint density at radius 1 is 1.04 bits per heavy atom. The van der Waals surface area contributed by atoms with Gasteiger partial charge in [0.25, 0.3) is 0 Å². The molecule has 0 aliphatic carbocycles. The minimum Gasteiger partial charge on any atom is -0.378 e. The molecule has 4 nitrogen and oxygen atoms in total. The van der Waals surface area contributed by atoms with Gasteiger partial charge in [0.2, 0.25) is 0 Å². The average Bonchev–Trinajstić information content (AvgIpc) is 2.63. The first-order valence-electron chi connectivity index (χ1n) is 8.61. The molecule has 0 spiro atoms. The molecule has 25 heavy (non-hydrogen) atoms. The summed E-state index contributed by atoms with van der Waals surface area (Å²) in [5, 5.41) is 7.85. The van der Waals surface area contributed by atoms with Gasteiger partial charge in [-0.1, -0.05) is 48.0 Å². The topological polar surface area (TPSA) is 44.7 Å². The monoisotopic (exact) mass is 357 g/mol. The van der Waals surface area contributed by atoms with E-state index in [2.05, 4.69) is 46.6 Å². The number of rotatable bonds is 4. The number of anilines is 1. The summed E-state index contributed by atoms with van der Waals surface area (Å²) in [6.45, 7) is 2.10. The second-order valence-electron chi connectivity index (χ2n) is 7.00. The summed E-state index contributed by atoms with van der Waals surface area (Å²) in [4.78, 5) is 13.5. The quantitative estimate of drug-likeness (QED) is 0.787. The van der Waals surface area contributed by atoms with E-state index in [0.29, 0.717) is 11.4 Å². The molecule has 0 aromatic heterocycles. The van der Waals surface area contributed by atoms with Gasteiger partial charge in [0.05, 0.1) is 6.04 Å². The molecule has 5 heteroatoms. The van der Waals surface area contributed by atoms with Crippen LogP contribution >= 0.6 is 11.6 Å². The highest BCUT2D eigenvalue weighted by Gasteiger charge is 2.36. The van der Waals surface area contributed by atoms with Crippen molar-refractivity contribution < 1.29 is 0 Å². The van der Waals surface area contributed by atoms with Crippen LogP contribution in [0.3, 0.4) is 0 Å². The molecule has 4 atom stereocenters. The predicted octanol–water partition coefficient (Wildman–Crippen LogP) is 4.95. The van der Waals surface area contributed by atoms with Crippen molar-refractivity contribution in [2.75, 3.05) is 19.0 Å². The molecule has 0 amide bonds. The standard InChI is InChI=1S/C20H24ClN3O/c1-13-18(23-25)12-19(14-4-8-16(21)9-5-14)22-20(13)15-6-10-17(11-7-15)24(2)3/h4-11,13,18-20,22H,12H2,1-3H3. The fourth-order valence-corrected chi connectivity index (χ4v) is 3.69. The summed E-state index contributed by atoms with van der Waals surface area (Å²) in [5.74, 6) is 0.145. The van der Waals surface area contributed by atoms with Crippen molar-refractivity contribution in [3.05, 3.63) is 69.6 Å². The minimum absolute atomic E-state index is 0.0911. The van der Waals surface area contributed by atoms with Crippen molar-refractivity contribution in [1.29, 1.82) is 0 Å². The number of benzene rings is 2. The highest BCUT2D eigenvalue weighted by Crippen LogP contribution is 2.38. The van der Waals surface area contributed by atoms with E-state index in [9.17, 15) is 4.91 Å². The molecule has 3 rings (SSSR count). The molecule has 1 N–H and O–H groups in total. The van der Waals surface area contributed by atoms with Gasteiger partial charge in [-0.2, -0.15) is 4.91 Å². The molecule has 0 saturated carbocycles.